The van der Waals surface area contributed by atoms with Crippen LogP contribution < -0.4 is 5.46 Å². The maximum atomic E-state index is 13.5. The number of nitrogens with zero attached hydrogens (tertiary/aromatic N) is 2. The molecular weight excluding hydrogens is 290 g/mol. The zero-order valence-electron chi connectivity index (χ0n) is 11.0. The van der Waals surface area contributed by atoms with Crippen LogP contribution in [0.4, 0.5) is 4.39 Å². The molecule has 3 aromatic rings. The number of thiophene rings is 1. The number of imidazole rings is 1. The fraction of sp³-hybridized carbons (Fsp3) is 0.0714. The van der Waals surface area contributed by atoms with Crippen molar-refractivity contribution in [3.05, 3.63) is 59.5 Å². The Balaban J connectivity index is 1.93. The van der Waals surface area contributed by atoms with Crippen molar-refractivity contribution in [2.24, 2.45) is 0 Å². The van der Waals surface area contributed by atoms with Crippen molar-refractivity contribution in [1.82, 2.24) is 9.55 Å². The summed E-state index contributed by atoms with van der Waals surface area (Å²) >= 11 is 1.58. The molecule has 1 aromatic carbocycles. The number of rotatable bonds is 4. The Bertz CT molecular complexity index is 743. The van der Waals surface area contributed by atoms with E-state index in [0.29, 0.717) is 12.1 Å². The van der Waals surface area contributed by atoms with Gasteiger partial charge in [-0.2, -0.15) is 0 Å². The number of benzene rings is 1. The number of hydrogen-bond donors (Lipinski definition) is 2. The van der Waals surface area contributed by atoms with E-state index in [4.69, 9.17) is 0 Å². The third-order valence-electron chi connectivity index (χ3n) is 3.09. The minimum atomic E-state index is -1.68. The van der Waals surface area contributed by atoms with Crippen molar-refractivity contribution >= 4 is 23.9 Å². The molecule has 0 saturated carbocycles. The average molecular weight is 302 g/mol. The molecule has 0 fully saturated rings. The van der Waals surface area contributed by atoms with Crippen molar-refractivity contribution in [3.8, 4) is 10.7 Å². The molecule has 0 atom stereocenters. The molecule has 0 aliphatic heterocycles. The van der Waals surface area contributed by atoms with Gasteiger partial charge in [0.05, 0.1) is 4.88 Å². The molecule has 0 aliphatic rings. The summed E-state index contributed by atoms with van der Waals surface area (Å²) in [6.07, 6.45) is 3.51. The predicted molar refractivity (Wildman–Crippen MR) is 80.9 cm³/mol. The van der Waals surface area contributed by atoms with Gasteiger partial charge in [0.15, 0.2) is 0 Å². The number of hydrogen-bond acceptors (Lipinski definition) is 4. The van der Waals surface area contributed by atoms with Crippen LogP contribution in [0.3, 0.4) is 0 Å². The highest BCUT2D eigenvalue weighted by molar-refractivity contribution is 7.13. The Morgan fingerprint density at radius 1 is 1.29 bits per heavy atom. The molecule has 106 valence electrons. The van der Waals surface area contributed by atoms with Gasteiger partial charge in [-0.3, -0.25) is 0 Å². The lowest BCUT2D eigenvalue weighted by Crippen LogP contribution is -2.30. The molecule has 7 heteroatoms. The summed E-state index contributed by atoms with van der Waals surface area (Å²) in [6.45, 7) is 0.407. The third kappa shape index (κ3) is 3.05. The van der Waals surface area contributed by atoms with E-state index in [0.717, 1.165) is 16.8 Å². The van der Waals surface area contributed by atoms with Crippen LogP contribution in [0.1, 0.15) is 5.56 Å². The van der Waals surface area contributed by atoms with E-state index in [9.17, 15) is 14.4 Å². The van der Waals surface area contributed by atoms with Crippen LogP contribution >= 0.6 is 11.3 Å². The Hall–Kier alpha value is -1.96. The molecule has 0 saturated heterocycles. The second-order valence-corrected chi connectivity index (χ2v) is 5.57. The fourth-order valence-corrected chi connectivity index (χ4v) is 2.92. The quantitative estimate of drug-likeness (QED) is 0.718. The summed E-state index contributed by atoms with van der Waals surface area (Å²) in [5, 5.41) is 20.3. The molecule has 21 heavy (non-hydrogen) atoms. The van der Waals surface area contributed by atoms with E-state index in [1.165, 1.54) is 6.07 Å². The molecule has 2 aromatic heterocycles. The maximum Gasteiger partial charge on any atom is 0.488 e. The zero-order chi connectivity index (χ0) is 14.8. The molecule has 2 heterocycles. The molecule has 3 rings (SSSR count). The first-order chi connectivity index (χ1) is 10.1. The summed E-state index contributed by atoms with van der Waals surface area (Å²) in [4.78, 5) is 5.34. The van der Waals surface area contributed by atoms with Gasteiger partial charge in [-0.15, -0.1) is 11.3 Å². The Morgan fingerprint density at radius 2 is 2.14 bits per heavy atom. The van der Waals surface area contributed by atoms with Crippen LogP contribution in [-0.2, 0) is 6.54 Å². The molecule has 0 amide bonds. The van der Waals surface area contributed by atoms with Crippen molar-refractivity contribution in [2.75, 3.05) is 0 Å². The summed E-state index contributed by atoms with van der Waals surface area (Å²) in [7, 11) is -1.68. The topological polar surface area (TPSA) is 58.3 Å². The van der Waals surface area contributed by atoms with E-state index < -0.39 is 12.9 Å². The highest BCUT2D eigenvalue weighted by Crippen LogP contribution is 2.23. The first kappa shape index (κ1) is 14.0. The van der Waals surface area contributed by atoms with Crippen LogP contribution in [0.2, 0.25) is 0 Å². The number of halogens is 1. The Morgan fingerprint density at radius 3 is 2.86 bits per heavy atom. The second-order valence-electron chi connectivity index (χ2n) is 4.62. The lowest BCUT2D eigenvalue weighted by Gasteiger charge is -2.09. The van der Waals surface area contributed by atoms with Gasteiger partial charge in [0.1, 0.15) is 11.6 Å². The second kappa shape index (κ2) is 5.81. The molecule has 0 radical (unpaired) electrons. The van der Waals surface area contributed by atoms with Gasteiger partial charge < -0.3 is 14.6 Å². The molecule has 0 spiro atoms. The normalized spacial score (nSPS) is 10.8. The van der Waals surface area contributed by atoms with Crippen LogP contribution in [0.25, 0.3) is 10.7 Å². The van der Waals surface area contributed by atoms with Gasteiger partial charge >= 0.3 is 7.12 Å². The van der Waals surface area contributed by atoms with Gasteiger partial charge in [-0.05, 0) is 34.6 Å². The molecule has 2 N–H and O–H groups in total. The van der Waals surface area contributed by atoms with Gasteiger partial charge in [-0.25, -0.2) is 9.37 Å². The first-order valence-corrected chi connectivity index (χ1v) is 7.22. The van der Waals surface area contributed by atoms with Crippen LogP contribution in [0.15, 0.2) is 48.1 Å². The van der Waals surface area contributed by atoms with Crippen LogP contribution in [-0.4, -0.2) is 26.7 Å². The third-order valence-corrected chi connectivity index (χ3v) is 3.95. The summed E-state index contributed by atoms with van der Waals surface area (Å²) < 4.78 is 15.4. The van der Waals surface area contributed by atoms with Crippen molar-refractivity contribution < 1.29 is 14.4 Å². The van der Waals surface area contributed by atoms with Crippen molar-refractivity contribution in [2.45, 2.75) is 6.54 Å². The minimum Gasteiger partial charge on any atom is -0.423 e. The van der Waals surface area contributed by atoms with E-state index in [-0.39, 0.29) is 5.46 Å². The smallest absolute Gasteiger partial charge is 0.423 e. The van der Waals surface area contributed by atoms with E-state index in [1.807, 2.05) is 28.3 Å². The largest absolute Gasteiger partial charge is 0.488 e. The molecule has 0 aliphatic carbocycles. The van der Waals surface area contributed by atoms with Crippen LogP contribution in [0, 0.1) is 5.82 Å². The monoisotopic (exact) mass is 302 g/mol. The van der Waals surface area contributed by atoms with Gasteiger partial charge in [-0.1, -0.05) is 12.1 Å². The van der Waals surface area contributed by atoms with Gasteiger partial charge in [0, 0.05) is 18.9 Å². The van der Waals surface area contributed by atoms with Crippen LogP contribution in [0.5, 0.6) is 0 Å². The lowest BCUT2D eigenvalue weighted by atomic mass is 9.79. The van der Waals surface area contributed by atoms with Crippen molar-refractivity contribution in [3.63, 3.8) is 0 Å². The molecule has 0 bridgehead atoms. The van der Waals surface area contributed by atoms with E-state index in [1.54, 1.807) is 23.6 Å². The summed E-state index contributed by atoms with van der Waals surface area (Å²) in [6, 6.07) is 7.98. The maximum absolute atomic E-state index is 13.5. The predicted octanol–water partition coefficient (Wildman–Crippen LogP) is 1.48. The summed E-state index contributed by atoms with van der Waals surface area (Å²) in [5.41, 5.74) is 0.789. The standard InChI is InChI=1S/C14H12BFN2O2S/c16-12-7-10(6-11(8-12)15(19)20)9-18-4-3-17-14(18)13-2-1-5-21-13/h1-8,19-20H,9H2. The van der Waals surface area contributed by atoms with Gasteiger partial charge in [0.25, 0.3) is 0 Å². The number of aromatic nitrogens is 2. The molecular formula is C14H12BFN2O2S. The average Bonchev–Trinajstić information content (AvgIpc) is 3.08. The first-order valence-electron chi connectivity index (χ1n) is 6.34. The highest BCUT2D eigenvalue weighted by Gasteiger charge is 2.14. The summed E-state index contributed by atoms with van der Waals surface area (Å²) in [5.74, 6) is 0.314. The van der Waals surface area contributed by atoms with Crippen molar-refractivity contribution in [1.29, 1.82) is 0 Å². The SMILES string of the molecule is OB(O)c1cc(F)cc(Cn2ccnc2-c2cccs2)c1. The Kier molecular flexibility index (Phi) is 3.87. The fourth-order valence-electron chi connectivity index (χ4n) is 2.18. The zero-order valence-corrected chi connectivity index (χ0v) is 11.8. The van der Waals surface area contributed by atoms with Gasteiger partial charge in [0.2, 0.25) is 0 Å². The minimum absolute atomic E-state index is 0.141. The molecule has 4 nitrogen and oxygen atoms in total. The molecule has 0 unspecified atom stereocenters. The highest BCUT2D eigenvalue weighted by atomic mass is 32.1. The Labute approximate surface area is 125 Å². The lowest BCUT2D eigenvalue weighted by molar-refractivity contribution is 0.425. The van der Waals surface area contributed by atoms with E-state index in [2.05, 4.69) is 4.98 Å². The van der Waals surface area contributed by atoms with E-state index >= 15 is 0 Å².